The average molecular weight is 507 g/mol. The number of unbranched alkanes of at least 4 members (excludes halogenated alkanes) is 2. The summed E-state index contributed by atoms with van der Waals surface area (Å²) in [6, 6.07) is 16.2. The minimum absolute atomic E-state index is 0.163. The number of nitrogens with zero attached hydrogens (tertiary/aromatic N) is 2. The third-order valence-electron chi connectivity index (χ3n) is 6.45. The molecule has 1 aromatic heterocycles. The molecule has 5 nitrogen and oxygen atoms in total. The molecule has 0 unspecified atom stereocenters. The van der Waals surface area contributed by atoms with Gasteiger partial charge in [-0.3, -0.25) is 4.79 Å². The lowest BCUT2D eigenvalue weighted by molar-refractivity contribution is 0.102. The van der Waals surface area contributed by atoms with Gasteiger partial charge in [0.15, 0.2) is 5.11 Å². The van der Waals surface area contributed by atoms with E-state index in [9.17, 15) is 4.79 Å². The highest BCUT2D eigenvalue weighted by atomic mass is 32.1. The van der Waals surface area contributed by atoms with Gasteiger partial charge in [0.25, 0.3) is 5.91 Å². The number of hydrogen-bond donors (Lipinski definition) is 2. The van der Waals surface area contributed by atoms with Gasteiger partial charge in [0.2, 0.25) is 0 Å². The van der Waals surface area contributed by atoms with Gasteiger partial charge in [0.05, 0.1) is 5.01 Å². The summed E-state index contributed by atoms with van der Waals surface area (Å²) in [4.78, 5) is 20.1. The molecule has 1 saturated heterocycles. The van der Waals surface area contributed by atoms with E-state index in [0.717, 1.165) is 71.4 Å². The molecule has 0 atom stereocenters. The molecule has 2 heterocycles. The van der Waals surface area contributed by atoms with Crippen LogP contribution in [-0.2, 0) is 0 Å². The largest absolute Gasteiger partial charge is 0.363 e. The van der Waals surface area contributed by atoms with Crippen LogP contribution in [0.4, 0.5) is 5.69 Å². The van der Waals surface area contributed by atoms with E-state index in [0.29, 0.717) is 11.6 Å². The van der Waals surface area contributed by atoms with Crippen LogP contribution in [0.25, 0.3) is 11.1 Å². The second-order valence-corrected chi connectivity index (χ2v) is 10.4. The lowest BCUT2D eigenvalue weighted by Crippen LogP contribution is -2.44. The maximum Gasteiger partial charge on any atom is 0.275 e. The van der Waals surface area contributed by atoms with Crippen LogP contribution < -0.4 is 10.6 Å². The Morgan fingerprint density at radius 3 is 2.66 bits per heavy atom. The van der Waals surface area contributed by atoms with Gasteiger partial charge in [-0.05, 0) is 56.1 Å². The number of aryl methyl sites for hydroxylation is 1. The van der Waals surface area contributed by atoms with Crippen LogP contribution >= 0.6 is 23.6 Å². The molecule has 0 radical (unpaired) electrons. The number of piperidine rings is 1. The fourth-order valence-corrected chi connectivity index (χ4v) is 5.66. The van der Waals surface area contributed by atoms with Crippen LogP contribution in [0.15, 0.2) is 53.9 Å². The fraction of sp³-hybridized carbons (Fsp3) is 0.393. The van der Waals surface area contributed by atoms with Gasteiger partial charge in [-0.15, -0.1) is 11.3 Å². The fourth-order valence-electron chi connectivity index (χ4n) is 4.40. The average Bonchev–Trinajstić information content (AvgIpc) is 3.39. The van der Waals surface area contributed by atoms with Crippen LogP contribution in [0.1, 0.15) is 66.0 Å². The van der Waals surface area contributed by atoms with Crippen molar-refractivity contribution < 1.29 is 4.79 Å². The molecular formula is C28H34N4OS2. The lowest BCUT2D eigenvalue weighted by atomic mass is 9.98. The number of likely N-dealkylation sites (tertiary alicyclic amines) is 1. The molecule has 0 spiro atoms. The molecule has 0 bridgehead atoms. The molecule has 0 saturated carbocycles. The normalized spacial score (nSPS) is 14.1. The van der Waals surface area contributed by atoms with E-state index in [1.807, 2.05) is 35.7 Å². The predicted octanol–water partition coefficient (Wildman–Crippen LogP) is 6.61. The van der Waals surface area contributed by atoms with Gasteiger partial charge in [-0.25, -0.2) is 4.98 Å². The van der Waals surface area contributed by atoms with Gasteiger partial charge >= 0.3 is 0 Å². The Labute approximate surface area is 218 Å². The number of benzene rings is 2. The van der Waals surface area contributed by atoms with Crippen LogP contribution in [0, 0.1) is 6.92 Å². The van der Waals surface area contributed by atoms with Crippen molar-refractivity contribution in [2.45, 2.75) is 51.9 Å². The number of aromatic nitrogens is 1. The summed E-state index contributed by atoms with van der Waals surface area (Å²) >= 11 is 7.17. The summed E-state index contributed by atoms with van der Waals surface area (Å²) in [6.07, 6.45) is 5.61. The second kappa shape index (κ2) is 12.3. The van der Waals surface area contributed by atoms with Crippen molar-refractivity contribution in [3.8, 4) is 11.1 Å². The van der Waals surface area contributed by atoms with Crippen molar-refractivity contribution in [1.29, 1.82) is 0 Å². The second-order valence-electron chi connectivity index (χ2n) is 9.14. The summed E-state index contributed by atoms with van der Waals surface area (Å²) < 4.78 is 0. The monoisotopic (exact) mass is 506 g/mol. The zero-order valence-electron chi connectivity index (χ0n) is 20.5. The molecule has 35 heavy (non-hydrogen) atoms. The molecule has 1 fully saturated rings. The third-order valence-corrected chi connectivity index (χ3v) is 7.86. The zero-order valence-corrected chi connectivity index (χ0v) is 22.2. The van der Waals surface area contributed by atoms with Crippen molar-refractivity contribution in [1.82, 2.24) is 15.2 Å². The van der Waals surface area contributed by atoms with Crippen molar-refractivity contribution in [3.63, 3.8) is 0 Å². The zero-order chi connectivity index (χ0) is 24.6. The van der Waals surface area contributed by atoms with E-state index in [2.05, 4.69) is 47.6 Å². The Morgan fingerprint density at radius 2 is 1.91 bits per heavy atom. The molecule has 2 N–H and O–H groups in total. The minimum Gasteiger partial charge on any atom is -0.363 e. The molecular weight excluding hydrogens is 472 g/mol. The number of anilines is 1. The van der Waals surface area contributed by atoms with Gasteiger partial charge in [0, 0.05) is 42.2 Å². The molecule has 7 heteroatoms. The Hall–Kier alpha value is -2.77. The summed E-state index contributed by atoms with van der Waals surface area (Å²) in [5, 5.41) is 10.3. The highest BCUT2D eigenvalue weighted by Crippen LogP contribution is 2.32. The number of nitrogens with one attached hydrogen (secondary N) is 2. The highest BCUT2D eigenvalue weighted by Gasteiger charge is 2.25. The van der Waals surface area contributed by atoms with Crippen molar-refractivity contribution in [2.24, 2.45) is 0 Å². The van der Waals surface area contributed by atoms with E-state index < -0.39 is 0 Å². The first-order valence-electron chi connectivity index (χ1n) is 12.5. The molecule has 3 aromatic rings. The number of rotatable bonds is 8. The first-order chi connectivity index (χ1) is 17.0. The third kappa shape index (κ3) is 6.67. The summed E-state index contributed by atoms with van der Waals surface area (Å²) in [5.41, 5.74) is 4.53. The molecule has 0 aliphatic carbocycles. The number of thiocarbonyl (C=S) groups is 1. The van der Waals surface area contributed by atoms with Crippen molar-refractivity contribution in [2.75, 3.05) is 25.0 Å². The maximum atomic E-state index is 13.1. The number of thiazole rings is 1. The van der Waals surface area contributed by atoms with E-state index in [-0.39, 0.29) is 5.91 Å². The van der Waals surface area contributed by atoms with Gasteiger partial charge in [-0.1, -0.05) is 61.7 Å². The molecule has 1 aliphatic rings. The maximum absolute atomic E-state index is 13.1. The molecule has 4 rings (SSSR count). The van der Waals surface area contributed by atoms with E-state index >= 15 is 0 Å². The number of amides is 1. The van der Waals surface area contributed by atoms with Crippen LogP contribution in [-0.4, -0.2) is 40.5 Å². The summed E-state index contributed by atoms with van der Waals surface area (Å²) in [6.45, 7) is 7.07. The Morgan fingerprint density at radius 1 is 1.14 bits per heavy atom. The molecule has 1 amide bonds. The molecule has 1 aliphatic heterocycles. The quantitative estimate of drug-likeness (QED) is 0.266. The number of carbonyl (C=O) groups is 1. The first-order valence-corrected chi connectivity index (χ1v) is 13.8. The highest BCUT2D eigenvalue weighted by molar-refractivity contribution is 7.80. The topological polar surface area (TPSA) is 57.3 Å². The standard InChI is InChI=1S/C28H34N4OS2/c1-3-4-8-15-29-28(34)32-16-13-22(14-17-32)27-31-25(19-35-27)26(33)30-24-12-11-20(2)18-23(24)21-9-6-5-7-10-21/h5-7,9-12,18-19,22H,3-4,8,13-17H2,1-2H3,(H,29,34)(H,30,33). The van der Waals surface area contributed by atoms with Crippen LogP contribution in [0.3, 0.4) is 0 Å². The van der Waals surface area contributed by atoms with Gasteiger partial charge < -0.3 is 15.5 Å². The molecule has 2 aromatic carbocycles. The first kappa shape index (κ1) is 25.3. The lowest BCUT2D eigenvalue weighted by Gasteiger charge is -2.33. The van der Waals surface area contributed by atoms with Gasteiger partial charge in [0.1, 0.15) is 5.69 Å². The molecule has 184 valence electrons. The van der Waals surface area contributed by atoms with Crippen LogP contribution in [0.2, 0.25) is 0 Å². The predicted molar refractivity (Wildman–Crippen MR) is 150 cm³/mol. The van der Waals surface area contributed by atoms with Crippen molar-refractivity contribution in [3.05, 3.63) is 70.2 Å². The Balaban J connectivity index is 1.35. The Bertz CT molecular complexity index is 1140. The minimum atomic E-state index is -0.163. The number of hydrogen-bond acceptors (Lipinski definition) is 4. The Kier molecular flexibility index (Phi) is 8.88. The number of carbonyl (C=O) groups excluding carboxylic acids is 1. The SMILES string of the molecule is CCCCCNC(=S)N1CCC(c2nc(C(=O)Nc3ccc(C)cc3-c3ccccc3)cs2)CC1. The summed E-state index contributed by atoms with van der Waals surface area (Å²) in [7, 11) is 0. The van der Waals surface area contributed by atoms with Gasteiger partial charge in [-0.2, -0.15) is 0 Å². The van der Waals surface area contributed by atoms with Crippen molar-refractivity contribution >= 4 is 40.3 Å². The van der Waals surface area contributed by atoms with E-state index in [4.69, 9.17) is 17.2 Å². The smallest absolute Gasteiger partial charge is 0.275 e. The van der Waals surface area contributed by atoms with Crippen LogP contribution in [0.5, 0.6) is 0 Å². The van der Waals surface area contributed by atoms with E-state index in [1.165, 1.54) is 12.8 Å². The van der Waals surface area contributed by atoms with E-state index in [1.54, 1.807) is 11.3 Å². The summed E-state index contributed by atoms with van der Waals surface area (Å²) in [5.74, 6) is 0.211.